The van der Waals surface area contributed by atoms with Gasteiger partial charge < -0.3 is 4.74 Å². The van der Waals surface area contributed by atoms with E-state index in [1.165, 1.54) is 11.1 Å². The number of ether oxygens (including phenoxy) is 1. The minimum atomic E-state index is 0.828. The van der Waals surface area contributed by atoms with Crippen LogP contribution in [-0.2, 0) is 0 Å². The van der Waals surface area contributed by atoms with Crippen LogP contribution in [0.25, 0.3) is 10.1 Å². The molecule has 0 spiro atoms. The number of rotatable bonds is 5. The van der Waals surface area contributed by atoms with Crippen LogP contribution in [0.3, 0.4) is 0 Å². The average molecular weight is 455 g/mol. The molecule has 148 valence electrons. The molecular weight excluding hydrogens is 432 g/mol. The van der Waals surface area contributed by atoms with Crippen LogP contribution < -0.4 is 4.74 Å². The molecule has 30 heavy (non-hydrogen) atoms. The fourth-order valence-electron chi connectivity index (χ4n) is 3.40. The summed E-state index contributed by atoms with van der Waals surface area (Å²) in [7, 11) is 0. The SMILES string of the molecule is Cc1ccc(Oc2ccc(C)cc2/C(=C(\Br)c2ccccc2)c2ccccc2)cc1. The van der Waals surface area contributed by atoms with E-state index in [0.29, 0.717) is 0 Å². The lowest BCUT2D eigenvalue weighted by molar-refractivity contribution is 0.481. The van der Waals surface area contributed by atoms with Gasteiger partial charge in [-0.15, -0.1) is 0 Å². The normalized spacial score (nSPS) is 11.7. The summed E-state index contributed by atoms with van der Waals surface area (Å²) < 4.78 is 7.39. The molecule has 4 aromatic carbocycles. The largest absolute Gasteiger partial charge is 0.457 e. The van der Waals surface area contributed by atoms with E-state index in [4.69, 9.17) is 4.74 Å². The maximum atomic E-state index is 6.35. The molecule has 0 aliphatic rings. The highest BCUT2D eigenvalue weighted by atomic mass is 79.9. The topological polar surface area (TPSA) is 9.23 Å². The van der Waals surface area contributed by atoms with Crippen molar-refractivity contribution < 1.29 is 4.74 Å². The first-order chi connectivity index (χ1) is 14.6. The molecular formula is C28H23BrO. The molecule has 0 radical (unpaired) electrons. The van der Waals surface area contributed by atoms with E-state index >= 15 is 0 Å². The highest BCUT2D eigenvalue weighted by molar-refractivity contribution is 9.15. The first-order valence-electron chi connectivity index (χ1n) is 9.98. The van der Waals surface area contributed by atoms with Crippen LogP contribution in [-0.4, -0.2) is 0 Å². The molecule has 1 nitrogen and oxygen atoms in total. The van der Waals surface area contributed by atoms with E-state index in [1.54, 1.807) is 0 Å². The summed E-state index contributed by atoms with van der Waals surface area (Å²) in [6.45, 7) is 4.19. The lowest BCUT2D eigenvalue weighted by Crippen LogP contribution is -1.96. The Labute approximate surface area is 186 Å². The molecule has 0 atom stereocenters. The van der Waals surface area contributed by atoms with E-state index in [1.807, 2.05) is 24.3 Å². The van der Waals surface area contributed by atoms with Crippen molar-refractivity contribution in [2.45, 2.75) is 13.8 Å². The van der Waals surface area contributed by atoms with Gasteiger partial charge in [0, 0.05) is 15.6 Å². The summed E-state index contributed by atoms with van der Waals surface area (Å²) in [6.07, 6.45) is 0. The van der Waals surface area contributed by atoms with E-state index in [2.05, 4.69) is 109 Å². The molecule has 4 aromatic rings. The molecule has 0 N–H and O–H groups in total. The quantitative estimate of drug-likeness (QED) is 0.275. The highest BCUT2D eigenvalue weighted by Gasteiger charge is 2.17. The zero-order valence-corrected chi connectivity index (χ0v) is 18.7. The van der Waals surface area contributed by atoms with Crippen LogP contribution >= 0.6 is 15.9 Å². The van der Waals surface area contributed by atoms with E-state index in [0.717, 1.165) is 38.2 Å². The first kappa shape index (κ1) is 20.2. The van der Waals surface area contributed by atoms with Gasteiger partial charge >= 0.3 is 0 Å². The average Bonchev–Trinajstić information content (AvgIpc) is 2.78. The predicted molar refractivity (Wildman–Crippen MR) is 130 cm³/mol. The van der Waals surface area contributed by atoms with Crippen LogP contribution in [0.1, 0.15) is 27.8 Å². The number of halogens is 1. The Morgan fingerprint density at radius 3 is 1.83 bits per heavy atom. The number of hydrogen-bond acceptors (Lipinski definition) is 1. The smallest absolute Gasteiger partial charge is 0.135 e. The third kappa shape index (κ3) is 4.55. The van der Waals surface area contributed by atoms with Gasteiger partial charge in [0.15, 0.2) is 0 Å². The molecule has 0 heterocycles. The standard InChI is InChI=1S/C28H23BrO/c1-20-13-16-24(17-14-20)30-26-18-15-21(2)19-25(26)27(22-9-5-3-6-10-22)28(29)23-11-7-4-8-12-23/h3-19H,1-2H3/b28-27-. The summed E-state index contributed by atoms with van der Waals surface area (Å²) in [6, 6.07) is 35.3. The molecule has 4 rings (SSSR count). The monoisotopic (exact) mass is 454 g/mol. The Balaban J connectivity index is 1.91. The second-order valence-corrected chi connectivity index (χ2v) is 8.13. The van der Waals surface area contributed by atoms with Crippen molar-refractivity contribution in [1.82, 2.24) is 0 Å². The van der Waals surface area contributed by atoms with Crippen molar-refractivity contribution in [1.29, 1.82) is 0 Å². The van der Waals surface area contributed by atoms with Gasteiger partial charge in [0.2, 0.25) is 0 Å². The molecule has 0 unspecified atom stereocenters. The molecule has 0 fully saturated rings. The zero-order valence-electron chi connectivity index (χ0n) is 17.1. The maximum absolute atomic E-state index is 6.35. The lowest BCUT2D eigenvalue weighted by atomic mass is 9.93. The van der Waals surface area contributed by atoms with Gasteiger partial charge in [-0.3, -0.25) is 0 Å². The van der Waals surface area contributed by atoms with Crippen molar-refractivity contribution in [3.05, 3.63) is 131 Å². The molecule has 0 amide bonds. The lowest BCUT2D eigenvalue weighted by Gasteiger charge is -2.18. The predicted octanol–water partition coefficient (Wildman–Crippen LogP) is 8.41. The van der Waals surface area contributed by atoms with E-state index in [9.17, 15) is 0 Å². The van der Waals surface area contributed by atoms with Crippen LogP contribution in [0, 0.1) is 13.8 Å². The van der Waals surface area contributed by atoms with Gasteiger partial charge in [-0.2, -0.15) is 0 Å². The summed E-state index contributed by atoms with van der Waals surface area (Å²) >= 11 is 3.90. The second-order valence-electron chi connectivity index (χ2n) is 7.34. The van der Waals surface area contributed by atoms with Gasteiger partial charge in [-0.1, -0.05) is 90.0 Å². The van der Waals surface area contributed by atoms with Gasteiger partial charge in [0.25, 0.3) is 0 Å². The fraction of sp³-hybridized carbons (Fsp3) is 0.0714. The Bertz CT molecular complexity index is 1160. The summed E-state index contributed by atoms with van der Waals surface area (Å²) in [5.41, 5.74) is 6.81. The van der Waals surface area contributed by atoms with Crippen LogP contribution in [0.2, 0.25) is 0 Å². The Hall–Kier alpha value is -3.10. The number of aryl methyl sites for hydroxylation is 2. The Morgan fingerprint density at radius 1 is 0.633 bits per heavy atom. The van der Waals surface area contributed by atoms with Gasteiger partial charge in [-0.25, -0.2) is 0 Å². The number of hydrogen-bond donors (Lipinski definition) is 0. The van der Waals surface area contributed by atoms with Crippen molar-refractivity contribution >= 4 is 26.0 Å². The molecule has 0 aliphatic carbocycles. The minimum absolute atomic E-state index is 0.828. The maximum Gasteiger partial charge on any atom is 0.135 e. The van der Waals surface area contributed by atoms with Crippen LogP contribution in [0.15, 0.2) is 103 Å². The van der Waals surface area contributed by atoms with Gasteiger partial charge in [0.05, 0.1) is 0 Å². The Morgan fingerprint density at radius 2 is 1.20 bits per heavy atom. The summed E-state index contributed by atoms with van der Waals surface area (Å²) in [5, 5.41) is 0. The van der Waals surface area contributed by atoms with Crippen LogP contribution in [0.5, 0.6) is 11.5 Å². The highest BCUT2D eigenvalue weighted by Crippen LogP contribution is 2.41. The molecule has 0 aliphatic heterocycles. The molecule has 0 saturated carbocycles. The van der Waals surface area contributed by atoms with E-state index in [-0.39, 0.29) is 0 Å². The second kappa shape index (κ2) is 9.15. The summed E-state index contributed by atoms with van der Waals surface area (Å²) in [5.74, 6) is 1.66. The van der Waals surface area contributed by atoms with Crippen molar-refractivity contribution in [3.8, 4) is 11.5 Å². The van der Waals surface area contributed by atoms with Crippen molar-refractivity contribution in [2.75, 3.05) is 0 Å². The third-order valence-corrected chi connectivity index (χ3v) is 5.82. The fourth-order valence-corrected chi connectivity index (χ4v) is 4.10. The summed E-state index contributed by atoms with van der Waals surface area (Å²) in [4.78, 5) is 0. The first-order valence-corrected chi connectivity index (χ1v) is 10.8. The molecule has 0 aromatic heterocycles. The van der Waals surface area contributed by atoms with Gasteiger partial charge in [-0.05, 0) is 65.2 Å². The minimum Gasteiger partial charge on any atom is -0.457 e. The zero-order chi connectivity index (χ0) is 20.9. The number of benzene rings is 4. The molecule has 0 bridgehead atoms. The third-order valence-electron chi connectivity index (χ3n) is 4.96. The molecule has 0 saturated heterocycles. The Kier molecular flexibility index (Phi) is 6.15. The van der Waals surface area contributed by atoms with Crippen LogP contribution in [0.4, 0.5) is 0 Å². The van der Waals surface area contributed by atoms with Crippen molar-refractivity contribution in [2.24, 2.45) is 0 Å². The van der Waals surface area contributed by atoms with E-state index < -0.39 is 0 Å². The molecule has 2 heteroatoms. The van der Waals surface area contributed by atoms with Crippen molar-refractivity contribution in [3.63, 3.8) is 0 Å². The van der Waals surface area contributed by atoms with Gasteiger partial charge in [0.1, 0.15) is 11.5 Å².